The highest BCUT2D eigenvalue weighted by molar-refractivity contribution is 5.82. The highest BCUT2D eigenvalue weighted by Gasteiger charge is 2.56. The second-order valence-corrected chi connectivity index (χ2v) is 7.73. The molecule has 0 aliphatic heterocycles. The Morgan fingerprint density at radius 1 is 1.41 bits per heavy atom. The van der Waals surface area contributed by atoms with Crippen LogP contribution in [0.5, 0.6) is 0 Å². The molecule has 5 nitrogen and oxygen atoms in total. The Hall–Kier alpha value is -1.64. The lowest BCUT2D eigenvalue weighted by Gasteiger charge is -2.61. The van der Waals surface area contributed by atoms with Crippen LogP contribution in [0, 0.1) is 23.2 Å². The van der Waals surface area contributed by atoms with Gasteiger partial charge in [0, 0.05) is 17.3 Å². The Morgan fingerprint density at radius 3 is 2.77 bits per heavy atom. The van der Waals surface area contributed by atoms with E-state index in [4.69, 9.17) is 11.0 Å². The molecule has 0 aromatic carbocycles. The van der Waals surface area contributed by atoms with Crippen molar-refractivity contribution < 1.29 is 4.79 Å². The third kappa shape index (κ3) is 2.18. The van der Waals surface area contributed by atoms with Gasteiger partial charge in [-0.25, -0.2) is 0 Å². The van der Waals surface area contributed by atoms with Gasteiger partial charge in [-0.2, -0.15) is 5.26 Å². The summed E-state index contributed by atoms with van der Waals surface area (Å²) in [4.78, 5) is 12.4. The van der Waals surface area contributed by atoms with Gasteiger partial charge < -0.3 is 11.1 Å². The first-order valence-electron chi connectivity index (χ1n) is 8.16. The molecule has 4 fully saturated rings. The van der Waals surface area contributed by atoms with Crippen LogP contribution in [-0.2, 0) is 0 Å². The molecule has 2 atom stereocenters. The number of nitrogens with one attached hydrogen (secondary N) is 1. The molecule has 0 amide bonds. The highest BCUT2D eigenvalue weighted by Crippen LogP contribution is 2.56. The zero-order valence-electron chi connectivity index (χ0n) is 12.7. The van der Waals surface area contributed by atoms with E-state index in [1.165, 1.54) is 11.0 Å². The summed E-state index contributed by atoms with van der Waals surface area (Å²) in [5.74, 6) is 1.37. The monoisotopic (exact) mass is 298 g/mol. The number of carbonyl (C=O) groups is 1. The molecule has 1 aromatic rings. The average molecular weight is 298 g/mol. The fourth-order valence-corrected chi connectivity index (χ4v) is 5.58. The number of rotatable bonds is 3. The van der Waals surface area contributed by atoms with Crippen LogP contribution in [0.15, 0.2) is 18.3 Å². The SMILES string of the molecule is N#Cc1cccn1C(=O)CNC12CC3CC(CC(N)(C3)C1)C2. The van der Waals surface area contributed by atoms with Gasteiger partial charge in [-0.15, -0.1) is 0 Å². The standard InChI is InChI=1S/C17H22N4O/c18-9-14-2-1-3-21(14)15(22)10-20-17-7-12-4-13(8-17)6-16(19,5-12)11-17/h1-3,12-13,20H,4-8,10-11,19H2. The molecule has 4 aliphatic carbocycles. The summed E-state index contributed by atoms with van der Waals surface area (Å²) in [6, 6.07) is 5.45. The number of aromatic nitrogens is 1. The Kier molecular flexibility index (Phi) is 2.97. The number of hydrogen-bond acceptors (Lipinski definition) is 4. The first kappa shape index (κ1) is 14.0. The number of nitriles is 1. The van der Waals surface area contributed by atoms with E-state index in [1.807, 2.05) is 0 Å². The summed E-state index contributed by atoms with van der Waals surface area (Å²) in [6.07, 6.45) is 8.55. The minimum Gasteiger partial charge on any atom is -0.325 e. The summed E-state index contributed by atoms with van der Waals surface area (Å²) >= 11 is 0. The molecule has 4 saturated carbocycles. The van der Waals surface area contributed by atoms with Crippen LogP contribution in [0.1, 0.15) is 49.0 Å². The normalized spacial score (nSPS) is 38.9. The molecule has 5 rings (SSSR count). The largest absolute Gasteiger partial charge is 0.325 e. The molecule has 5 heteroatoms. The molecule has 3 N–H and O–H groups in total. The van der Waals surface area contributed by atoms with Gasteiger partial charge in [0.1, 0.15) is 11.8 Å². The van der Waals surface area contributed by atoms with Gasteiger partial charge in [0.05, 0.1) is 6.54 Å². The van der Waals surface area contributed by atoms with Crippen molar-refractivity contribution in [3.05, 3.63) is 24.0 Å². The topological polar surface area (TPSA) is 83.8 Å². The fraction of sp³-hybridized carbons (Fsp3) is 0.647. The number of carbonyl (C=O) groups excluding carboxylic acids is 1. The predicted molar refractivity (Wildman–Crippen MR) is 82.1 cm³/mol. The minimum absolute atomic E-state index is 0.0224. The van der Waals surface area contributed by atoms with Crippen molar-refractivity contribution in [2.45, 2.75) is 49.6 Å². The van der Waals surface area contributed by atoms with Gasteiger partial charge in [0.25, 0.3) is 0 Å². The van der Waals surface area contributed by atoms with Crippen molar-refractivity contribution >= 4 is 5.91 Å². The van der Waals surface area contributed by atoms with Gasteiger partial charge >= 0.3 is 0 Å². The summed E-state index contributed by atoms with van der Waals surface area (Å²) in [5.41, 5.74) is 6.99. The van der Waals surface area contributed by atoms with Crippen molar-refractivity contribution in [3.63, 3.8) is 0 Å². The lowest BCUT2D eigenvalue weighted by molar-refractivity contribution is -0.0348. The van der Waals surface area contributed by atoms with Crippen LogP contribution >= 0.6 is 0 Å². The molecule has 116 valence electrons. The lowest BCUT2D eigenvalue weighted by Crippen LogP contribution is -2.67. The maximum atomic E-state index is 12.4. The van der Waals surface area contributed by atoms with E-state index in [0.717, 1.165) is 43.9 Å². The van der Waals surface area contributed by atoms with Crippen molar-refractivity contribution in [1.82, 2.24) is 9.88 Å². The van der Waals surface area contributed by atoms with Gasteiger partial charge in [-0.05, 0) is 62.5 Å². The zero-order chi connectivity index (χ0) is 15.4. The average Bonchev–Trinajstić information content (AvgIpc) is 2.90. The van der Waals surface area contributed by atoms with E-state index in [1.54, 1.807) is 18.3 Å². The molecule has 0 saturated heterocycles. The predicted octanol–water partition coefficient (Wildman–Crippen LogP) is 1.64. The zero-order valence-corrected chi connectivity index (χ0v) is 12.7. The lowest BCUT2D eigenvalue weighted by atomic mass is 9.50. The molecular formula is C17H22N4O. The molecule has 22 heavy (non-hydrogen) atoms. The summed E-state index contributed by atoms with van der Waals surface area (Å²) < 4.78 is 1.44. The number of nitrogens with two attached hydrogens (primary N) is 1. The van der Waals surface area contributed by atoms with Gasteiger partial charge in [0.2, 0.25) is 5.91 Å². The summed E-state index contributed by atoms with van der Waals surface area (Å²) in [5, 5.41) is 12.6. The van der Waals surface area contributed by atoms with E-state index in [0.29, 0.717) is 5.69 Å². The van der Waals surface area contributed by atoms with Crippen LogP contribution in [0.2, 0.25) is 0 Å². The Labute approximate surface area is 130 Å². The molecule has 4 aliphatic rings. The quantitative estimate of drug-likeness (QED) is 0.888. The third-order valence-electron chi connectivity index (χ3n) is 5.85. The number of nitrogens with zero attached hydrogens (tertiary/aromatic N) is 2. The highest BCUT2D eigenvalue weighted by atomic mass is 16.2. The first-order chi connectivity index (χ1) is 10.5. The van der Waals surface area contributed by atoms with E-state index in [-0.39, 0.29) is 23.5 Å². The molecule has 0 radical (unpaired) electrons. The van der Waals surface area contributed by atoms with E-state index in [9.17, 15) is 4.79 Å². The van der Waals surface area contributed by atoms with Crippen LogP contribution in [0.4, 0.5) is 0 Å². The summed E-state index contributed by atoms with van der Waals surface area (Å²) in [6.45, 7) is 0.277. The molecular weight excluding hydrogens is 276 g/mol. The molecule has 4 bridgehead atoms. The minimum atomic E-state index is -0.0663. The molecule has 1 aromatic heterocycles. The smallest absolute Gasteiger partial charge is 0.245 e. The van der Waals surface area contributed by atoms with Gasteiger partial charge in [-0.1, -0.05) is 0 Å². The van der Waals surface area contributed by atoms with Crippen molar-refractivity contribution in [2.24, 2.45) is 17.6 Å². The van der Waals surface area contributed by atoms with Crippen molar-refractivity contribution in [3.8, 4) is 6.07 Å². The fourth-order valence-electron chi connectivity index (χ4n) is 5.58. The van der Waals surface area contributed by atoms with Crippen LogP contribution in [-0.4, -0.2) is 28.1 Å². The van der Waals surface area contributed by atoms with E-state index in [2.05, 4.69) is 11.4 Å². The van der Waals surface area contributed by atoms with Gasteiger partial charge in [0.15, 0.2) is 0 Å². The van der Waals surface area contributed by atoms with E-state index >= 15 is 0 Å². The Bertz CT molecular complexity index is 642. The molecule has 0 spiro atoms. The third-order valence-corrected chi connectivity index (χ3v) is 5.85. The maximum Gasteiger partial charge on any atom is 0.245 e. The van der Waals surface area contributed by atoms with Crippen molar-refractivity contribution in [2.75, 3.05) is 6.54 Å². The second-order valence-electron chi connectivity index (χ2n) is 7.73. The Balaban J connectivity index is 1.48. The van der Waals surface area contributed by atoms with Crippen LogP contribution in [0.25, 0.3) is 0 Å². The Morgan fingerprint density at radius 2 is 2.14 bits per heavy atom. The van der Waals surface area contributed by atoms with Crippen molar-refractivity contribution in [1.29, 1.82) is 5.26 Å². The molecule has 1 heterocycles. The first-order valence-corrected chi connectivity index (χ1v) is 8.16. The second kappa shape index (κ2) is 4.68. The molecule has 2 unspecified atom stereocenters. The summed E-state index contributed by atoms with van der Waals surface area (Å²) in [7, 11) is 0. The maximum absolute atomic E-state index is 12.4. The number of hydrogen-bond donors (Lipinski definition) is 2. The van der Waals surface area contributed by atoms with Gasteiger partial charge in [-0.3, -0.25) is 9.36 Å². The van der Waals surface area contributed by atoms with Crippen LogP contribution < -0.4 is 11.1 Å². The van der Waals surface area contributed by atoms with E-state index < -0.39 is 0 Å². The van der Waals surface area contributed by atoms with Crippen LogP contribution in [0.3, 0.4) is 0 Å².